The lowest BCUT2D eigenvalue weighted by molar-refractivity contribution is -0.150. The largest absolute Gasteiger partial charge is 0.364 e. The maximum absolute atomic E-state index is 13.1. The summed E-state index contributed by atoms with van der Waals surface area (Å²) < 4.78 is 77.6. The molecule has 130 valence electrons. The molecule has 12 heteroatoms. The number of hydrogen-bond acceptors (Lipinski definition) is 5. The molecule has 0 unspecified atom stereocenters. The van der Waals surface area contributed by atoms with Crippen LogP contribution >= 0.6 is 0 Å². The van der Waals surface area contributed by atoms with Gasteiger partial charge in [0.25, 0.3) is 22.9 Å². The molecule has 7 nitrogen and oxygen atoms in total. The Labute approximate surface area is 129 Å². The molecule has 1 atom stereocenters. The number of sulfonamides is 1. The number of alkyl halides is 4. The van der Waals surface area contributed by atoms with Crippen molar-refractivity contribution < 1.29 is 31.1 Å². The molecule has 0 amide bonds. The van der Waals surface area contributed by atoms with Crippen molar-refractivity contribution in [1.29, 1.82) is 0 Å². The van der Waals surface area contributed by atoms with Crippen molar-refractivity contribution in [2.75, 3.05) is 0 Å². The average Bonchev–Trinajstić information content (AvgIpc) is 3.01. The Morgan fingerprint density at radius 3 is 2.43 bits per heavy atom. The number of aromatic nitrogens is 2. The summed E-state index contributed by atoms with van der Waals surface area (Å²) in [6, 6.07) is 0. The van der Waals surface area contributed by atoms with Gasteiger partial charge in [-0.2, -0.15) is 18.6 Å². The standard InChI is InChI=1S/C11H14F4N4O3S/c1-3-18-5-8(6(2)16-18)23(21,22)19-11(20,10(14)15)4-7(17-19)9(12)13/h5,9-10,20H,3-4H2,1-2H3/t11-/m1/s1. The maximum Gasteiger partial charge on any atom is 0.288 e. The molecule has 0 saturated heterocycles. The van der Waals surface area contributed by atoms with Crippen LogP contribution < -0.4 is 0 Å². The van der Waals surface area contributed by atoms with E-state index in [4.69, 9.17) is 0 Å². The van der Waals surface area contributed by atoms with Crippen molar-refractivity contribution in [1.82, 2.24) is 14.2 Å². The second-order valence-electron chi connectivity index (χ2n) is 4.93. The summed E-state index contributed by atoms with van der Waals surface area (Å²) in [5, 5.41) is 16.8. The van der Waals surface area contributed by atoms with Gasteiger partial charge < -0.3 is 5.11 Å². The van der Waals surface area contributed by atoms with E-state index in [2.05, 4.69) is 10.2 Å². The molecule has 0 bridgehead atoms. The first-order chi connectivity index (χ1) is 10.5. The van der Waals surface area contributed by atoms with Crippen LogP contribution in [0.1, 0.15) is 19.0 Å². The number of nitrogens with zero attached hydrogens (tertiary/aromatic N) is 4. The Morgan fingerprint density at radius 1 is 1.39 bits per heavy atom. The second-order valence-corrected chi connectivity index (χ2v) is 6.67. The summed E-state index contributed by atoms with van der Waals surface area (Å²) in [4.78, 5) is -0.488. The summed E-state index contributed by atoms with van der Waals surface area (Å²) in [5.74, 6) is 0. The Hall–Kier alpha value is -1.69. The van der Waals surface area contributed by atoms with Crippen LogP contribution in [0.2, 0.25) is 0 Å². The molecule has 0 radical (unpaired) electrons. The van der Waals surface area contributed by atoms with Gasteiger partial charge in [-0.1, -0.05) is 0 Å². The van der Waals surface area contributed by atoms with Crippen LogP contribution in [0.4, 0.5) is 17.6 Å². The van der Waals surface area contributed by atoms with Gasteiger partial charge in [0.15, 0.2) is 0 Å². The number of aryl methyl sites for hydroxylation is 2. The predicted octanol–water partition coefficient (Wildman–Crippen LogP) is 1.18. The fourth-order valence-electron chi connectivity index (χ4n) is 2.12. The molecule has 1 aromatic heterocycles. The lowest BCUT2D eigenvalue weighted by Gasteiger charge is -2.30. The van der Waals surface area contributed by atoms with Gasteiger partial charge in [-0.25, -0.2) is 17.6 Å². The maximum atomic E-state index is 13.1. The van der Waals surface area contributed by atoms with Gasteiger partial charge in [0.05, 0.1) is 5.69 Å². The van der Waals surface area contributed by atoms with Crippen LogP contribution in [0.15, 0.2) is 16.2 Å². The number of hydrazone groups is 1. The lowest BCUT2D eigenvalue weighted by atomic mass is 10.1. The zero-order valence-electron chi connectivity index (χ0n) is 12.1. The van der Waals surface area contributed by atoms with Crippen LogP contribution in [0, 0.1) is 6.92 Å². The monoisotopic (exact) mass is 358 g/mol. The first-order valence-electron chi connectivity index (χ1n) is 6.49. The minimum absolute atomic E-state index is 0.0239. The van der Waals surface area contributed by atoms with Crippen molar-refractivity contribution in [3.63, 3.8) is 0 Å². The van der Waals surface area contributed by atoms with E-state index in [0.29, 0.717) is 6.54 Å². The van der Waals surface area contributed by atoms with Crippen molar-refractivity contribution in [2.45, 2.75) is 50.3 Å². The summed E-state index contributed by atoms with van der Waals surface area (Å²) >= 11 is 0. The molecular weight excluding hydrogens is 344 g/mol. The van der Waals surface area contributed by atoms with E-state index >= 15 is 0 Å². The third kappa shape index (κ3) is 2.80. The highest BCUT2D eigenvalue weighted by Crippen LogP contribution is 2.37. The number of hydrogen-bond donors (Lipinski definition) is 1. The normalized spacial score (nSPS) is 22.3. The highest BCUT2D eigenvalue weighted by molar-refractivity contribution is 7.89. The summed E-state index contributed by atoms with van der Waals surface area (Å²) in [7, 11) is -4.78. The van der Waals surface area contributed by atoms with E-state index in [0.717, 1.165) is 6.20 Å². The number of halogens is 4. The first-order valence-corrected chi connectivity index (χ1v) is 7.93. The topological polar surface area (TPSA) is 87.8 Å². The molecule has 1 N–H and O–H groups in total. The fourth-order valence-corrected chi connectivity index (χ4v) is 3.75. The Bertz CT molecular complexity index is 734. The highest BCUT2D eigenvalue weighted by atomic mass is 32.2. The Kier molecular flexibility index (Phi) is 4.41. The van der Waals surface area contributed by atoms with Gasteiger partial charge >= 0.3 is 0 Å². The molecule has 23 heavy (non-hydrogen) atoms. The minimum Gasteiger partial charge on any atom is -0.364 e. The smallest absolute Gasteiger partial charge is 0.288 e. The summed E-state index contributed by atoms with van der Waals surface area (Å²) in [6.07, 6.45) is -7.10. The van der Waals surface area contributed by atoms with Crippen molar-refractivity contribution >= 4 is 15.7 Å². The van der Waals surface area contributed by atoms with E-state index in [1.807, 2.05) is 0 Å². The van der Waals surface area contributed by atoms with E-state index in [1.165, 1.54) is 11.6 Å². The zero-order valence-corrected chi connectivity index (χ0v) is 12.9. The van der Waals surface area contributed by atoms with Gasteiger partial charge in [-0.15, -0.1) is 4.41 Å². The summed E-state index contributed by atoms with van der Waals surface area (Å²) in [5.41, 5.74) is -4.51. The zero-order chi connectivity index (χ0) is 17.6. The van der Waals surface area contributed by atoms with E-state index in [-0.39, 0.29) is 10.1 Å². The van der Waals surface area contributed by atoms with Crippen molar-refractivity contribution in [2.24, 2.45) is 5.10 Å². The molecular formula is C11H14F4N4O3S. The predicted molar refractivity (Wildman–Crippen MR) is 70.7 cm³/mol. The number of rotatable bonds is 5. The molecule has 0 saturated carbocycles. The van der Waals surface area contributed by atoms with Crippen molar-refractivity contribution in [3.05, 3.63) is 11.9 Å². The molecule has 0 aliphatic carbocycles. The average molecular weight is 358 g/mol. The third-order valence-corrected chi connectivity index (χ3v) is 5.13. The molecule has 2 heterocycles. The SMILES string of the molecule is CCn1cc(S(=O)(=O)N2N=C(C(F)F)C[C@@]2(O)C(F)F)c(C)n1. The molecule has 1 aliphatic heterocycles. The van der Waals surface area contributed by atoms with Gasteiger partial charge in [0.2, 0.25) is 5.72 Å². The lowest BCUT2D eigenvalue weighted by Crippen LogP contribution is -2.51. The van der Waals surface area contributed by atoms with Crippen LogP contribution in [-0.2, 0) is 16.6 Å². The molecule has 0 spiro atoms. The van der Waals surface area contributed by atoms with Crippen molar-refractivity contribution in [3.8, 4) is 0 Å². The van der Waals surface area contributed by atoms with Gasteiger partial charge in [0.1, 0.15) is 10.6 Å². The van der Waals surface area contributed by atoms with Crippen LogP contribution in [-0.4, -0.2) is 52.0 Å². The van der Waals surface area contributed by atoms with E-state index < -0.39 is 45.6 Å². The molecule has 1 aromatic rings. The Morgan fingerprint density at radius 2 is 2.00 bits per heavy atom. The van der Waals surface area contributed by atoms with Crippen LogP contribution in [0.5, 0.6) is 0 Å². The Balaban J connectivity index is 2.57. The van der Waals surface area contributed by atoms with Gasteiger partial charge in [-0.3, -0.25) is 4.68 Å². The quantitative estimate of drug-likeness (QED) is 0.801. The third-order valence-electron chi connectivity index (χ3n) is 3.32. The first kappa shape index (κ1) is 17.7. The second kappa shape index (κ2) is 5.74. The molecule has 0 fully saturated rings. The molecule has 2 rings (SSSR count). The van der Waals surface area contributed by atoms with Crippen LogP contribution in [0.25, 0.3) is 0 Å². The molecule has 0 aromatic carbocycles. The number of aliphatic hydroxyl groups is 1. The highest BCUT2D eigenvalue weighted by Gasteiger charge is 2.56. The minimum atomic E-state index is -4.78. The van der Waals surface area contributed by atoms with E-state index in [1.54, 1.807) is 6.92 Å². The molecule has 1 aliphatic rings. The van der Waals surface area contributed by atoms with Crippen LogP contribution in [0.3, 0.4) is 0 Å². The van der Waals surface area contributed by atoms with Gasteiger partial charge in [0, 0.05) is 19.2 Å². The van der Waals surface area contributed by atoms with Gasteiger partial charge in [-0.05, 0) is 13.8 Å². The fraction of sp³-hybridized carbons (Fsp3) is 0.636. The van der Waals surface area contributed by atoms with E-state index in [9.17, 15) is 31.1 Å². The summed E-state index contributed by atoms with van der Waals surface area (Å²) in [6.45, 7) is 3.29.